The number of methoxy groups -OCH3 is 1. The molecule has 2 atom stereocenters. The van der Waals surface area contributed by atoms with Crippen LogP contribution in [0.2, 0.25) is 0 Å². The van der Waals surface area contributed by atoms with Crippen molar-refractivity contribution in [1.29, 1.82) is 0 Å². The lowest BCUT2D eigenvalue weighted by Gasteiger charge is -2.39. The van der Waals surface area contributed by atoms with Crippen LogP contribution in [0.5, 0.6) is 0 Å². The largest absolute Gasteiger partial charge is 0.497 e. The minimum atomic E-state index is -1.95. The molecule has 0 radical (unpaired) electrons. The van der Waals surface area contributed by atoms with Gasteiger partial charge in [-0.1, -0.05) is 44.8 Å². The zero-order valence-electron chi connectivity index (χ0n) is 20.4. The lowest BCUT2D eigenvalue weighted by atomic mass is 9.87. The summed E-state index contributed by atoms with van der Waals surface area (Å²) in [6.07, 6.45) is 1.83. The van der Waals surface area contributed by atoms with Crippen molar-refractivity contribution < 1.29 is 42.2 Å². The van der Waals surface area contributed by atoms with Gasteiger partial charge in [0.2, 0.25) is 18.6 Å². The summed E-state index contributed by atoms with van der Waals surface area (Å²) in [6, 6.07) is 0. The second-order valence-electron chi connectivity index (χ2n) is 7.86. The van der Waals surface area contributed by atoms with Gasteiger partial charge >= 0.3 is 14.6 Å². The van der Waals surface area contributed by atoms with Gasteiger partial charge in [0.1, 0.15) is 5.76 Å². The molecule has 13 heteroatoms. The van der Waals surface area contributed by atoms with Gasteiger partial charge in [-0.3, -0.25) is 23.4 Å². The third kappa shape index (κ3) is 11.8. The fraction of sp³-hybridized carbons (Fsp3) is 0.545. The Hall–Kier alpha value is -2.24. The lowest BCUT2D eigenvalue weighted by Crippen LogP contribution is -2.49. The van der Waals surface area contributed by atoms with Crippen LogP contribution in [0, 0.1) is 5.41 Å². The third-order valence-corrected chi connectivity index (χ3v) is 6.30. The smallest absolute Gasteiger partial charge is 0.340 e. The second-order valence-corrected chi connectivity index (χ2v) is 10.3. The van der Waals surface area contributed by atoms with E-state index in [1.807, 2.05) is 0 Å². The third-order valence-electron chi connectivity index (χ3n) is 4.44. The molecule has 2 unspecified atom stereocenters. The fourth-order valence-electron chi connectivity index (χ4n) is 2.53. The Kier molecular flexibility index (Phi) is 13.8. The van der Waals surface area contributed by atoms with Gasteiger partial charge in [0.15, 0.2) is 11.2 Å². The van der Waals surface area contributed by atoms with Gasteiger partial charge in [-0.25, -0.2) is 4.79 Å². The number of hydrogen-bond acceptors (Lipinski definition) is 10. The van der Waals surface area contributed by atoms with Crippen molar-refractivity contribution in [3.8, 4) is 0 Å². The van der Waals surface area contributed by atoms with E-state index in [2.05, 4.69) is 23.8 Å². The summed E-state index contributed by atoms with van der Waals surface area (Å²) in [5, 5.41) is 5.34. The van der Waals surface area contributed by atoms with Crippen LogP contribution in [0.1, 0.15) is 27.2 Å². The Labute approximate surface area is 211 Å². The molecule has 1 aliphatic rings. The molecule has 0 aromatic carbocycles. The first-order valence-corrected chi connectivity index (χ1v) is 12.7. The molecule has 0 aliphatic carbocycles. The Morgan fingerprint density at radius 1 is 1.23 bits per heavy atom. The molecular weight excluding hydrogens is 499 g/mol. The van der Waals surface area contributed by atoms with Gasteiger partial charge in [0.25, 0.3) is 0 Å². The number of hydrogen-bond donors (Lipinski definition) is 2. The molecule has 2 N–H and O–H groups in total. The molecule has 1 aliphatic heterocycles. The SMILES string of the molecule is C=C/C(=C\C(=C)OC)C(=O)OCOP1OCC(C)(C)C(C(=O)NCCC(=O)NCCSC(C)=O)O1. The van der Waals surface area contributed by atoms with Crippen LogP contribution >= 0.6 is 20.4 Å². The molecule has 2 amide bonds. The highest BCUT2D eigenvalue weighted by atomic mass is 32.2. The molecule has 1 fully saturated rings. The van der Waals surface area contributed by atoms with Crippen molar-refractivity contribution in [3.63, 3.8) is 0 Å². The molecule has 0 aromatic rings. The van der Waals surface area contributed by atoms with Crippen molar-refractivity contribution in [2.45, 2.75) is 33.3 Å². The predicted octanol–water partition coefficient (Wildman–Crippen LogP) is 2.35. The molecule has 1 rings (SSSR count). The van der Waals surface area contributed by atoms with Crippen LogP contribution in [0.25, 0.3) is 0 Å². The van der Waals surface area contributed by atoms with E-state index in [1.54, 1.807) is 13.8 Å². The number of esters is 1. The highest BCUT2D eigenvalue weighted by Crippen LogP contribution is 2.50. The van der Waals surface area contributed by atoms with Crippen molar-refractivity contribution in [3.05, 3.63) is 36.6 Å². The molecule has 11 nitrogen and oxygen atoms in total. The van der Waals surface area contributed by atoms with E-state index in [9.17, 15) is 19.2 Å². The van der Waals surface area contributed by atoms with E-state index in [4.69, 9.17) is 23.0 Å². The first-order valence-electron chi connectivity index (χ1n) is 10.6. The molecule has 35 heavy (non-hydrogen) atoms. The molecule has 0 bridgehead atoms. The number of ether oxygens (including phenoxy) is 2. The summed E-state index contributed by atoms with van der Waals surface area (Å²) < 4.78 is 26.5. The van der Waals surface area contributed by atoms with Crippen molar-refractivity contribution in [1.82, 2.24) is 10.6 Å². The van der Waals surface area contributed by atoms with Gasteiger partial charge in [0, 0.05) is 37.6 Å². The van der Waals surface area contributed by atoms with Crippen LogP contribution in [-0.4, -0.2) is 68.4 Å². The molecule has 196 valence electrons. The Morgan fingerprint density at radius 2 is 1.94 bits per heavy atom. The summed E-state index contributed by atoms with van der Waals surface area (Å²) in [4.78, 5) is 47.5. The average Bonchev–Trinajstić information content (AvgIpc) is 2.80. The van der Waals surface area contributed by atoms with Crippen molar-refractivity contribution in [2.24, 2.45) is 5.41 Å². The maximum atomic E-state index is 12.7. The second kappa shape index (κ2) is 15.7. The summed E-state index contributed by atoms with van der Waals surface area (Å²) in [5.41, 5.74) is -0.535. The van der Waals surface area contributed by atoms with E-state index in [0.29, 0.717) is 12.3 Å². The first kappa shape index (κ1) is 30.8. The van der Waals surface area contributed by atoms with E-state index in [-0.39, 0.29) is 41.9 Å². The number of thioether (sulfide) groups is 1. The van der Waals surface area contributed by atoms with Crippen LogP contribution in [0.4, 0.5) is 0 Å². The number of rotatable bonds is 14. The molecule has 1 heterocycles. The highest BCUT2D eigenvalue weighted by Gasteiger charge is 2.44. The number of amides is 2. The minimum absolute atomic E-state index is 0.0144. The first-order chi connectivity index (χ1) is 16.5. The van der Waals surface area contributed by atoms with Gasteiger partial charge in [0.05, 0.1) is 19.3 Å². The Bertz CT molecular complexity index is 832. The molecule has 0 aromatic heterocycles. The van der Waals surface area contributed by atoms with E-state index in [0.717, 1.165) is 11.8 Å². The average molecular weight is 533 g/mol. The molecular formula is C22H33N2O9PS. The standard InChI is InChI=1S/C22H33N2O9PS/c1-7-17(12-15(2)29-6)21(28)30-14-32-34-31-13-22(4,5)19(33-34)20(27)24-9-8-18(26)23-10-11-35-16(3)25/h7,12,19H,1-2,8-11,13-14H2,3-6H3,(H,23,26)(H,24,27)/b17-12+. The van der Waals surface area contributed by atoms with Gasteiger partial charge in [-0.15, -0.1) is 0 Å². The number of nitrogens with one attached hydrogen (secondary N) is 2. The van der Waals surface area contributed by atoms with Crippen LogP contribution in [0.3, 0.4) is 0 Å². The fourth-order valence-corrected chi connectivity index (χ4v) is 4.35. The summed E-state index contributed by atoms with van der Waals surface area (Å²) in [6.45, 7) is 12.4. The maximum absolute atomic E-state index is 12.7. The monoisotopic (exact) mass is 532 g/mol. The van der Waals surface area contributed by atoms with E-state index < -0.39 is 38.8 Å². The normalized spacial score (nSPS) is 19.3. The van der Waals surface area contributed by atoms with Gasteiger partial charge in [-0.05, 0) is 6.08 Å². The topological polar surface area (TPSA) is 138 Å². The van der Waals surface area contributed by atoms with Crippen LogP contribution in [0.15, 0.2) is 36.6 Å². The highest BCUT2D eigenvalue weighted by molar-refractivity contribution is 8.13. The molecule has 0 spiro atoms. The zero-order chi connectivity index (χ0) is 26.4. The summed E-state index contributed by atoms with van der Waals surface area (Å²) in [7, 11) is -0.542. The van der Waals surface area contributed by atoms with Crippen LogP contribution < -0.4 is 10.6 Å². The zero-order valence-corrected chi connectivity index (χ0v) is 22.1. The van der Waals surface area contributed by atoms with E-state index in [1.165, 1.54) is 26.2 Å². The Morgan fingerprint density at radius 3 is 2.57 bits per heavy atom. The minimum Gasteiger partial charge on any atom is -0.497 e. The van der Waals surface area contributed by atoms with Gasteiger partial charge in [-0.2, -0.15) is 0 Å². The maximum Gasteiger partial charge on any atom is 0.340 e. The number of carbonyl (C=O) groups is 4. The van der Waals surface area contributed by atoms with Crippen molar-refractivity contribution in [2.75, 3.05) is 39.4 Å². The van der Waals surface area contributed by atoms with Crippen LogP contribution in [-0.2, 0) is 42.2 Å². The van der Waals surface area contributed by atoms with E-state index >= 15 is 0 Å². The Balaban J connectivity index is 2.47. The lowest BCUT2D eigenvalue weighted by molar-refractivity contribution is -0.149. The van der Waals surface area contributed by atoms with Gasteiger partial charge < -0.3 is 24.6 Å². The number of allylic oxidation sites excluding steroid dienone is 1. The predicted molar refractivity (Wildman–Crippen MR) is 132 cm³/mol. The molecule has 1 saturated heterocycles. The summed E-state index contributed by atoms with van der Waals surface area (Å²) in [5.74, 6) is -0.624. The molecule has 0 saturated carbocycles. The quantitative estimate of drug-likeness (QED) is 0.0652. The van der Waals surface area contributed by atoms with Crippen molar-refractivity contribution >= 4 is 43.3 Å². The number of carbonyl (C=O) groups excluding carboxylic acids is 4. The summed E-state index contributed by atoms with van der Waals surface area (Å²) >= 11 is 1.13.